The molecule has 3 aromatic rings. The highest BCUT2D eigenvalue weighted by Crippen LogP contribution is 2.42. The van der Waals surface area contributed by atoms with Crippen molar-refractivity contribution in [3.8, 4) is 22.8 Å². The molecule has 1 aromatic heterocycles. The average molecular weight is 305 g/mol. The summed E-state index contributed by atoms with van der Waals surface area (Å²) in [5, 5.41) is 1.25. The number of ether oxygens (including phenoxy) is 2. The van der Waals surface area contributed by atoms with Gasteiger partial charge in [0.25, 0.3) is 0 Å². The molecule has 3 nitrogen and oxygen atoms in total. The second kappa shape index (κ2) is 4.79. The first-order valence-corrected chi connectivity index (χ1v) is 8.30. The topological polar surface area (TPSA) is 23.4 Å². The van der Waals surface area contributed by atoms with Crippen molar-refractivity contribution in [3.63, 3.8) is 0 Å². The highest BCUT2D eigenvalue weighted by molar-refractivity contribution is 5.90. The van der Waals surface area contributed by atoms with Crippen LogP contribution in [-0.2, 0) is 19.4 Å². The van der Waals surface area contributed by atoms with Gasteiger partial charge in [-0.05, 0) is 48.7 Å². The summed E-state index contributed by atoms with van der Waals surface area (Å²) in [6.07, 6.45) is 3.33. The van der Waals surface area contributed by atoms with Crippen LogP contribution in [0.3, 0.4) is 0 Å². The van der Waals surface area contributed by atoms with Gasteiger partial charge < -0.3 is 14.0 Å². The van der Waals surface area contributed by atoms with Gasteiger partial charge >= 0.3 is 0 Å². The molecular formula is C20H19NO2. The van der Waals surface area contributed by atoms with Crippen molar-refractivity contribution in [3.05, 3.63) is 47.5 Å². The second-order valence-corrected chi connectivity index (χ2v) is 6.38. The summed E-state index contributed by atoms with van der Waals surface area (Å²) in [5.41, 5.74) is 6.89. The molecule has 23 heavy (non-hydrogen) atoms. The zero-order chi connectivity index (χ0) is 15.4. The highest BCUT2D eigenvalue weighted by atomic mass is 16.5. The number of benzene rings is 2. The molecule has 0 saturated carbocycles. The summed E-state index contributed by atoms with van der Waals surface area (Å²) in [4.78, 5) is 0. The summed E-state index contributed by atoms with van der Waals surface area (Å²) in [6.45, 7) is 1.87. The van der Waals surface area contributed by atoms with E-state index in [0.29, 0.717) is 0 Å². The van der Waals surface area contributed by atoms with Gasteiger partial charge in [-0.3, -0.25) is 0 Å². The van der Waals surface area contributed by atoms with Gasteiger partial charge in [-0.15, -0.1) is 0 Å². The van der Waals surface area contributed by atoms with E-state index < -0.39 is 0 Å². The summed E-state index contributed by atoms with van der Waals surface area (Å²) in [5.74, 6) is 1.99. The maximum absolute atomic E-state index is 5.80. The smallest absolute Gasteiger partial charge is 0.123 e. The van der Waals surface area contributed by atoms with Crippen molar-refractivity contribution in [1.29, 1.82) is 0 Å². The fourth-order valence-electron chi connectivity index (χ4n) is 4.10. The second-order valence-electron chi connectivity index (χ2n) is 6.38. The van der Waals surface area contributed by atoms with E-state index in [-0.39, 0.29) is 0 Å². The van der Waals surface area contributed by atoms with Gasteiger partial charge in [0.05, 0.1) is 13.7 Å². The average Bonchev–Trinajstić information content (AvgIpc) is 3.14. The third-order valence-electron chi connectivity index (χ3n) is 5.16. The van der Waals surface area contributed by atoms with Crippen LogP contribution >= 0.6 is 0 Å². The van der Waals surface area contributed by atoms with E-state index >= 15 is 0 Å². The van der Waals surface area contributed by atoms with Gasteiger partial charge in [0, 0.05) is 40.7 Å². The quantitative estimate of drug-likeness (QED) is 0.672. The minimum Gasteiger partial charge on any atom is -0.497 e. The highest BCUT2D eigenvalue weighted by Gasteiger charge is 2.25. The van der Waals surface area contributed by atoms with Crippen LogP contribution in [0.15, 0.2) is 36.4 Å². The number of hydrogen-bond donors (Lipinski definition) is 0. The lowest BCUT2D eigenvalue weighted by Crippen LogP contribution is -1.98. The summed E-state index contributed by atoms with van der Waals surface area (Å²) < 4.78 is 13.7. The number of aryl methyl sites for hydroxylation is 2. The van der Waals surface area contributed by atoms with Crippen LogP contribution < -0.4 is 9.47 Å². The first-order chi connectivity index (χ1) is 11.3. The largest absolute Gasteiger partial charge is 0.497 e. The van der Waals surface area contributed by atoms with Gasteiger partial charge in [0.15, 0.2) is 0 Å². The molecule has 5 rings (SSSR count). The first kappa shape index (κ1) is 13.1. The molecule has 2 aliphatic heterocycles. The number of rotatable bonds is 1. The summed E-state index contributed by atoms with van der Waals surface area (Å²) in [7, 11) is 1.72. The lowest BCUT2D eigenvalue weighted by atomic mass is 9.94. The normalized spacial score (nSPS) is 15.5. The van der Waals surface area contributed by atoms with Gasteiger partial charge in [-0.2, -0.15) is 0 Å². The molecule has 2 aliphatic rings. The molecule has 0 aliphatic carbocycles. The maximum atomic E-state index is 5.80. The minimum absolute atomic E-state index is 0.805. The van der Waals surface area contributed by atoms with Crippen LogP contribution in [0, 0.1) is 0 Å². The zero-order valence-corrected chi connectivity index (χ0v) is 13.3. The van der Waals surface area contributed by atoms with Crippen LogP contribution in [0.5, 0.6) is 11.5 Å². The van der Waals surface area contributed by atoms with E-state index in [0.717, 1.165) is 37.5 Å². The van der Waals surface area contributed by atoms with Crippen molar-refractivity contribution in [2.45, 2.75) is 25.8 Å². The predicted molar refractivity (Wildman–Crippen MR) is 91.4 cm³/mol. The van der Waals surface area contributed by atoms with Gasteiger partial charge in [0.2, 0.25) is 0 Å². The third kappa shape index (κ3) is 1.83. The molecular weight excluding hydrogens is 286 g/mol. The van der Waals surface area contributed by atoms with Crippen molar-refractivity contribution in [2.24, 2.45) is 0 Å². The fourth-order valence-corrected chi connectivity index (χ4v) is 4.10. The Labute approximate surface area is 135 Å². The number of nitrogens with zero attached hydrogens (tertiary/aromatic N) is 1. The number of hydrogen-bond acceptors (Lipinski definition) is 2. The molecule has 0 amide bonds. The Balaban J connectivity index is 1.83. The Morgan fingerprint density at radius 1 is 1.09 bits per heavy atom. The van der Waals surface area contributed by atoms with Crippen molar-refractivity contribution in [2.75, 3.05) is 13.7 Å². The molecule has 3 heterocycles. The third-order valence-corrected chi connectivity index (χ3v) is 5.16. The summed E-state index contributed by atoms with van der Waals surface area (Å²) >= 11 is 0. The molecule has 3 heteroatoms. The summed E-state index contributed by atoms with van der Waals surface area (Å²) in [6, 6.07) is 13.1. The Kier molecular flexibility index (Phi) is 2.72. The predicted octanol–water partition coefficient (Wildman–Crippen LogP) is 4.20. The van der Waals surface area contributed by atoms with Gasteiger partial charge in [-0.25, -0.2) is 0 Å². The molecule has 2 aromatic carbocycles. The van der Waals surface area contributed by atoms with E-state index in [1.165, 1.54) is 39.7 Å². The number of methoxy groups -OCH3 is 1. The standard InChI is InChI=1S/C20H19NO2/c1-22-15-5-6-17-14(11-15)12-18-20-13(3-2-9-21(17)18)4-7-19-16(20)8-10-23-19/h4-7,11-12H,2-3,8-10H2,1H3. The van der Waals surface area contributed by atoms with Crippen molar-refractivity contribution in [1.82, 2.24) is 4.57 Å². The molecule has 0 spiro atoms. The monoisotopic (exact) mass is 305 g/mol. The molecule has 116 valence electrons. The first-order valence-electron chi connectivity index (χ1n) is 8.30. The zero-order valence-electron chi connectivity index (χ0n) is 13.3. The molecule has 0 atom stereocenters. The molecule has 0 radical (unpaired) electrons. The van der Waals surface area contributed by atoms with Crippen molar-refractivity contribution >= 4 is 10.9 Å². The van der Waals surface area contributed by atoms with E-state index in [2.05, 4.69) is 41.0 Å². The van der Waals surface area contributed by atoms with Crippen LogP contribution in [0.1, 0.15) is 17.5 Å². The van der Waals surface area contributed by atoms with E-state index in [4.69, 9.17) is 9.47 Å². The molecule has 0 fully saturated rings. The number of aromatic nitrogens is 1. The van der Waals surface area contributed by atoms with E-state index in [1.54, 1.807) is 7.11 Å². The van der Waals surface area contributed by atoms with E-state index in [1.807, 2.05) is 0 Å². The van der Waals surface area contributed by atoms with Crippen LogP contribution in [0.25, 0.3) is 22.2 Å². The Morgan fingerprint density at radius 2 is 2.04 bits per heavy atom. The van der Waals surface area contributed by atoms with E-state index in [9.17, 15) is 0 Å². The number of fused-ring (bicyclic) bond motifs is 7. The Hall–Kier alpha value is -2.42. The Morgan fingerprint density at radius 3 is 2.96 bits per heavy atom. The SMILES string of the molecule is COc1ccc2c(c1)cc1n2CCCc2ccc3c(c2-1)CCO3. The minimum atomic E-state index is 0.805. The molecule has 0 unspecified atom stereocenters. The molecule has 0 bridgehead atoms. The maximum Gasteiger partial charge on any atom is 0.123 e. The van der Waals surface area contributed by atoms with Crippen molar-refractivity contribution < 1.29 is 9.47 Å². The lowest BCUT2D eigenvalue weighted by Gasteiger charge is -2.12. The Bertz CT molecular complexity index is 923. The van der Waals surface area contributed by atoms with Gasteiger partial charge in [-0.1, -0.05) is 6.07 Å². The lowest BCUT2D eigenvalue weighted by molar-refractivity contribution is 0.357. The molecule has 0 saturated heterocycles. The van der Waals surface area contributed by atoms with Crippen LogP contribution in [-0.4, -0.2) is 18.3 Å². The van der Waals surface area contributed by atoms with Gasteiger partial charge in [0.1, 0.15) is 11.5 Å². The molecule has 0 N–H and O–H groups in total. The van der Waals surface area contributed by atoms with Crippen LogP contribution in [0.2, 0.25) is 0 Å². The fraction of sp³-hybridized carbons (Fsp3) is 0.300. The van der Waals surface area contributed by atoms with Crippen LogP contribution in [0.4, 0.5) is 0 Å².